The SMILES string of the molecule is NCCCCN(CCCN)CCCN1C(=O)c2cccc3cc([N+](=O)[O-])cc(c23)C1=O. The van der Waals surface area contributed by atoms with E-state index in [1.54, 1.807) is 18.2 Å². The van der Waals surface area contributed by atoms with E-state index in [4.69, 9.17) is 11.5 Å². The number of nitro groups is 1. The van der Waals surface area contributed by atoms with Crippen LogP contribution in [-0.2, 0) is 0 Å². The second-order valence-electron chi connectivity index (χ2n) is 7.75. The van der Waals surface area contributed by atoms with Crippen LogP contribution < -0.4 is 11.5 Å². The van der Waals surface area contributed by atoms with Crippen molar-refractivity contribution in [2.45, 2.75) is 25.7 Å². The number of carbonyl (C=O) groups excluding carboxylic acids is 2. The summed E-state index contributed by atoms with van der Waals surface area (Å²) in [6.07, 6.45) is 3.43. The van der Waals surface area contributed by atoms with Crippen LogP contribution in [0, 0.1) is 10.1 Å². The maximum absolute atomic E-state index is 13.1. The smallest absolute Gasteiger partial charge is 0.270 e. The van der Waals surface area contributed by atoms with Gasteiger partial charge in [-0.05, 0) is 69.9 Å². The molecule has 1 aliphatic heterocycles. The van der Waals surface area contributed by atoms with E-state index >= 15 is 0 Å². The number of nitro benzene ring substituents is 1. The average molecular weight is 428 g/mol. The van der Waals surface area contributed by atoms with Crippen molar-refractivity contribution < 1.29 is 14.5 Å². The van der Waals surface area contributed by atoms with Gasteiger partial charge in [-0.3, -0.25) is 24.6 Å². The molecule has 9 heteroatoms. The number of unbranched alkanes of at least 4 members (excludes halogenated alkanes) is 1. The van der Waals surface area contributed by atoms with Gasteiger partial charge < -0.3 is 16.4 Å². The second-order valence-corrected chi connectivity index (χ2v) is 7.75. The average Bonchev–Trinajstić information content (AvgIpc) is 2.77. The van der Waals surface area contributed by atoms with Crippen molar-refractivity contribution in [3.05, 3.63) is 51.6 Å². The van der Waals surface area contributed by atoms with E-state index < -0.39 is 10.8 Å². The highest BCUT2D eigenvalue weighted by Gasteiger charge is 2.34. The van der Waals surface area contributed by atoms with E-state index in [1.807, 2.05) is 0 Å². The summed E-state index contributed by atoms with van der Waals surface area (Å²) >= 11 is 0. The lowest BCUT2D eigenvalue weighted by Gasteiger charge is -2.28. The van der Waals surface area contributed by atoms with Crippen molar-refractivity contribution in [1.82, 2.24) is 9.80 Å². The number of amides is 2. The predicted octanol–water partition coefficient (Wildman–Crippen LogP) is 2.12. The van der Waals surface area contributed by atoms with Crippen LogP contribution in [0.15, 0.2) is 30.3 Å². The standard InChI is InChI=1S/C22H29N5O4/c23-8-1-2-10-25(11-4-9-24)12-5-13-26-21(28)18-7-3-6-16-14-17(27(30)31)15-19(20(16)18)22(26)29/h3,6-7,14-15H,1-2,4-5,8-13,23-24H2. The Morgan fingerprint density at radius 3 is 2.29 bits per heavy atom. The zero-order chi connectivity index (χ0) is 22.4. The van der Waals surface area contributed by atoms with Crippen LogP contribution in [-0.4, -0.2) is 65.8 Å². The Morgan fingerprint density at radius 1 is 0.903 bits per heavy atom. The molecule has 1 heterocycles. The fourth-order valence-corrected chi connectivity index (χ4v) is 4.03. The first kappa shape index (κ1) is 22.8. The first-order valence-electron chi connectivity index (χ1n) is 10.7. The maximum atomic E-state index is 13.1. The highest BCUT2D eigenvalue weighted by Crippen LogP contribution is 2.33. The summed E-state index contributed by atoms with van der Waals surface area (Å²) < 4.78 is 0. The zero-order valence-corrected chi connectivity index (χ0v) is 17.6. The maximum Gasteiger partial charge on any atom is 0.270 e. The molecular weight excluding hydrogens is 398 g/mol. The van der Waals surface area contributed by atoms with Crippen LogP contribution in [0.25, 0.3) is 10.8 Å². The topological polar surface area (TPSA) is 136 Å². The van der Waals surface area contributed by atoms with E-state index in [0.717, 1.165) is 38.9 Å². The fraction of sp³-hybridized carbons (Fsp3) is 0.455. The molecule has 1 aliphatic rings. The number of hydrogen-bond donors (Lipinski definition) is 2. The van der Waals surface area contributed by atoms with Crippen LogP contribution in [0.1, 0.15) is 46.4 Å². The number of rotatable bonds is 12. The minimum absolute atomic E-state index is 0.157. The summed E-state index contributed by atoms with van der Waals surface area (Å²) in [5, 5.41) is 12.3. The van der Waals surface area contributed by atoms with E-state index in [0.29, 0.717) is 35.8 Å². The Balaban J connectivity index is 1.76. The van der Waals surface area contributed by atoms with Crippen LogP contribution in [0.5, 0.6) is 0 Å². The number of benzene rings is 2. The Bertz CT molecular complexity index is 978. The zero-order valence-electron chi connectivity index (χ0n) is 17.6. The van der Waals surface area contributed by atoms with Crippen LogP contribution in [0.4, 0.5) is 5.69 Å². The molecule has 2 aromatic rings. The lowest BCUT2D eigenvalue weighted by atomic mass is 9.93. The third kappa shape index (κ3) is 5.07. The summed E-state index contributed by atoms with van der Waals surface area (Å²) in [6, 6.07) is 7.70. The van der Waals surface area contributed by atoms with Crippen molar-refractivity contribution in [3.63, 3.8) is 0 Å². The van der Waals surface area contributed by atoms with E-state index in [-0.39, 0.29) is 23.7 Å². The highest BCUT2D eigenvalue weighted by atomic mass is 16.6. The minimum atomic E-state index is -0.521. The second kappa shape index (κ2) is 10.4. The molecule has 0 saturated carbocycles. The van der Waals surface area contributed by atoms with Gasteiger partial charge in [0.2, 0.25) is 0 Å². The number of nitrogens with zero attached hydrogens (tertiary/aromatic N) is 3. The molecule has 31 heavy (non-hydrogen) atoms. The first-order chi connectivity index (χ1) is 15.0. The molecule has 0 unspecified atom stereocenters. The van der Waals surface area contributed by atoms with E-state index in [1.165, 1.54) is 17.0 Å². The van der Waals surface area contributed by atoms with Gasteiger partial charge >= 0.3 is 0 Å². The molecule has 0 radical (unpaired) electrons. The van der Waals surface area contributed by atoms with Gasteiger partial charge in [-0.1, -0.05) is 12.1 Å². The van der Waals surface area contributed by atoms with Crippen molar-refractivity contribution in [2.24, 2.45) is 11.5 Å². The molecule has 9 nitrogen and oxygen atoms in total. The van der Waals surface area contributed by atoms with Gasteiger partial charge in [-0.15, -0.1) is 0 Å². The number of imide groups is 1. The lowest BCUT2D eigenvalue weighted by Crippen LogP contribution is -2.42. The molecule has 0 aromatic heterocycles. The van der Waals surface area contributed by atoms with Crippen LogP contribution in [0.2, 0.25) is 0 Å². The van der Waals surface area contributed by atoms with Crippen LogP contribution in [0.3, 0.4) is 0 Å². The first-order valence-corrected chi connectivity index (χ1v) is 10.7. The summed E-state index contributed by atoms with van der Waals surface area (Å²) in [7, 11) is 0. The van der Waals surface area contributed by atoms with Crippen molar-refractivity contribution >= 4 is 28.3 Å². The van der Waals surface area contributed by atoms with Gasteiger partial charge in [-0.2, -0.15) is 0 Å². The molecule has 0 spiro atoms. The fourth-order valence-electron chi connectivity index (χ4n) is 4.03. The van der Waals surface area contributed by atoms with Crippen LogP contribution >= 0.6 is 0 Å². The molecule has 4 N–H and O–H groups in total. The van der Waals surface area contributed by atoms with Gasteiger partial charge in [0.05, 0.1) is 10.5 Å². The molecule has 2 aromatic carbocycles. The van der Waals surface area contributed by atoms with Gasteiger partial charge in [0, 0.05) is 29.6 Å². The summed E-state index contributed by atoms with van der Waals surface area (Å²) in [4.78, 5) is 40.4. The number of nitrogens with two attached hydrogens (primary N) is 2. The van der Waals surface area contributed by atoms with Crippen molar-refractivity contribution in [1.29, 1.82) is 0 Å². The quantitative estimate of drug-likeness (QED) is 0.229. The van der Waals surface area contributed by atoms with Crippen molar-refractivity contribution in [3.8, 4) is 0 Å². The molecule has 166 valence electrons. The molecule has 0 fully saturated rings. The molecule has 0 aliphatic carbocycles. The van der Waals surface area contributed by atoms with Gasteiger partial charge in [0.1, 0.15) is 0 Å². The Kier molecular flexibility index (Phi) is 7.67. The summed E-state index contributed by atoms with van der Waals surface area (Å²) in [6.45, 7) is 4.00. The third-order valence-corrected chi connectivity index (χ3v) is 5.59. The van der Waals surface area contributed by atoms with Gasteiger partial charge in [0.25, 0.3) is 17.5 Å². The van der Waals surface area contributed by atoms with Gasteiger partial charge in [0.15, 0.2) is 0 Å². The Hall–Kier alpha value is -2.88. The monoisotopic (exact) mass is 427 g/mol. The largest absolute Gasteiger partial charge is 0.330 e. The third-order valence-electron chi connectivity index (χ3n) is 5.59. The molecule has 3 rings (SSSR count). The minimum Gasteiger partial charge on any atom is -0.330 e. The number of non-ortho nitro benzene ring substituents is 1. The number of hydrogen-bond acceptors (Lipinski definition) is 7. The highest BCUT2D eigenvalue weighted by molar-refractivity contribution is 6.25. The normalized spacial score (nSPS) is 13.5. The Labute approximate surface area is 181 Å². The van der Waals surface area contributed by atoms with Crippen molar-refractivity contribution in [2.75, 3.05) is 39.3 Å². The summed E-state index contributed by atoms with van der Waals surface area (Å²) in [5.41, 5.74) is 11.7. The Morgan fingerprint density at radius 2 is 1.58 bits per heavy atom. The molecule has 0 saturated heterocycles. The molecule has 0 atom stereocenters. The molecule has 0 bridgehead atoms. The molecule has 2 amide bonds. The summed E-state index contributed by atoms with van der Waals surface area (Å²) in [5.74, 6) is -0.831. The molecular formula is C22H29N5O4. The lowest BCUT2D eigenvalue weighted by molar-refractivity contribution is -0.384. The van der Waals surface area contributed by atoms with E-state index in [9.17, 15) is 19.7 Å². The predicted molar refractivity (Wildman–Crippen MR) is 119 cm³/mol. The van der Waals surface area contributed by atoms with E-state index in [2.05, 4.69) is 4.90 Å². The van der Waals surface area contributed by atoms with Gasteiger partial charge in [-0.25, -0.2) is 0 Å². The number of carbonyl (C=O) groups is 2.